The molecule has 0 fully saturated rings. The van der Waals surface area contributed by atoms with E-state index in [1.165, 1.54) is 0 Å². The third-order valence-electron chi connectivity index (χ3n) is 3.81. The fourth-order valence-electron chi connectivity index (χ4n) is 2.57. The highest BCUT2D eigenvalue weighted by Crippen LogP contribution is 2.19. The number of carbonyl (C=O) groups excluding carboxylic acids is 1. The van der Waals surface area contributed by atoms with Gasteiger partial charge in [0, 0.05) is 40.8 Å². The molecule has 0 saturated carbocycles. The summed E-state index contributed by atoms with van der Waals surface area (Å²) in [6, 6.07) is 3.57. The number of aryl methyl sites for hydroxylation is 2. The largest absolute Gasteiger partial charge is 0.349 e. The molecule has 0 spiro atoms. The summed E-state index contributed by atoms with van der Waals surface area (Å²) in [5.41, 5.74) is 3.47. The molecular weight excluding hydrogens is 334 g/mol. The van der Waals surface area contributed by atoms with E-state index in [0.717, 1.165) is 27.5 Å². The van der Waals surface area contributed by atoms with Gasteiger partial charge < -0.3 is 5.32 Å². The zero-order valence-electron chi connectivity index (χ0n) is 14.4. The first-order chi connectivity index (χ1) is 12.0. The van der Waals surface area contributed by atoms with Crippen molar-refractivity contribution in [1.29, 1.82) is 0 Å². The summed E-state index contributed by atoms with van der Waals surface area (Å²) >= 11 is 1.55. The molecule has 6 nitrogen and oxygen atoms in total. The summed E-state index contributed by atoms with van der Waals surface area (Å²) < 4.78 is 0. The van der Waals surface area contributed by atoms with Crippen molar-refractivity contribution in [1.82, 2.24) is 25.3 Å². The van der Waals surface area contributed by atoms with Gasteiger partial charge in [-0.05, 0) is 32.9 Å². The first-order valence-electron chi connectivity index (χ1n) is 7.97. The molecule has 0 radical (unpaired) electrons. The van der Waals surface area contributed by atoms with Crippen LogP contribution in [-0.2, 0) is 11.2 Å². The molecular formula is C18H19N5OS. The van der Waals surface area contributed by atoms with E-state index in [0.29, 0.717) is 5.82 Å². The van der Waals surface area contributed by atoms with E-state index >= 15 is 0 Å². The van der Waals surface area contributed by atoms with Crippen molar-refractivity contribution in [3.8, 4) is 11.4 Å². The average Bonchev–Trinajstić information content (AvgIpc) is 3.00. The monoisotopic (exact) mass is 353 g/mol. The third kappa shape index (κ3) is 4.24. The Hall–Kier alpha value is -2.67. The lowest BCUT2D eigenvalue weighted by Gasteiger charge is -2.16. The third-order valence-corrected chi connectivity index (χ3v) is 4.63. The van der Waals surface area contributed by atoms with Crippen LogP contribution in [0.25, 0.3) is 11.4 Å². The highest BCUT2D eigenvalue weighted by Gasteiger charge is 2.15. The number of pyridine rings is 1. The van der Waals surface area contributed by atoms with Crippen LogP contribution in [0, 0.1) is 13.8 Å². The molecule has 1 amide bonds. The predicted molar refractivity (Wildman–Crippen MR) is 97.1 cm³/mol. The van der Waals surface area contributed by atoms with Gasteiger partial charge in [0.1, 0.15) is 0 Å². The van der Waals surface area contributed by atoms with Crippen LogP contribution in [0.5, 0.6) is 0 Å². The second-order valence-corrected chi connectivity index (χ2v) is 6.86. The molecule has 0 bridgehead atoms. The van der Waals surface area contributed by atoms with Crippen LogP contribution >= 0.6 is 11.3 Å². The van der Waals surface area contributed by atoms with Gasteiger partial charge in [-0.3, -0.25) is 9.78 Å². The molecule has 0 saturated heterocycles. The molecule has 0 aromatic carbocycles. The van der Waals surface area contributed by atoms with E-state index in [2.05, 4.69) is 25.3 Å². The minimum atomic E-state index is -0.168. The van der Waals surface area contributed by atoms with Crippen LogP contribution in [0.15, 0.2) is 36.1 Å². The number of thiazole rings is 1. The van der Waals surface area contributed by atoms with Gasteiger partial charge in [-0.2, -0.15) is 0 Å². The Morgan fingerprint density at radius 1 is 1.24 bits per heavy atom. The van der Waals surface area contributed by atoms with Crippen LogP contribution in [0.4, 0.5) is 0 Å². The molecule has 128 valence electrons. The van der Waals surface area contributed by atoms with Gasteiger partial charge in [0.15, 0.2) is 5.82 Å². The van der Waals surface area contributed by atoms with Crippen molar-refractivity contribution in [2.75, 3.05) is 0 Å². The van der Waals surface area contributed by atoms with Gasteiger partial charge in [0.2, 0.25) is 5.91 Å². The topological polar surface area (TPSA) is 80.7 Å². The Morgan fingerprint density at radius 3 is 2.64 bits per heavy atom. The summed E-state index contributed by atoms with van der Waals surface area (Å²) in [5, 5.41) is 5.87. The van der Waals surface area contributed by atoms with E-state index in [1.54, 1.807) is 29.9 Å². The van der Waals surface area contributed by atoms with Crippen molar-refractivity contribution in [2.24, 2.45) is 0 Å². The van der Waals surface area contributed by atoms with Crippen molar-refractivity contribution >= 4 is 17.2 Å². The van der Waals surface area contributed by atoms with E-state index < -0.39 is 0 Å². The zero-order chi connectivity index (χ0) is 17.8. The number of hydrogen-bond donors (Lipinski definition) is 1. The SMILES string of the molecule is Cc1nc(CC(=O)N[C@@H](C)c2cnc(-c3ccncc3)nc2C)cs1. The number of hydrogen-bond acceptors (Lipinski definition) is 6. The molecule has 0 aliphatic rings. The number of aromatic nitrogens is 4. The lowest BCUT2D eigenvalue weighted by atomic mass is 10.1. The summed E-state index contributed by atoms with van der Waals surface area (Å²) in [6.45, 7) is 5.79. The average molecular weight is 353 g/mol. The van der Waals surface area contributed by atoms with Crippen molar-refractivity contribution in [3.63, 3.8) is 0 Å². The second kappa shape index (κ2) is 7.48. The molecule has 3 aromatic rings. The second-order valence-electron chi connectivity index (χ2n) is 5.79. The maximum absolute atomic E-state index is 12.2. The molecule has 25 heavy (non-hydrogen) atoms. The summed E-state index contributed by atoms with van der Waals surface area (Å²) in [4.78, 5) is 29.5. The van der Waals surface area contributed by atoms with Gasteiger partial charge in [-0.25, -0.2) is 15.0 Å². The van der Waals surface area contributed by atoms with Gasteiger partial charge in [-0.1, -0.05) is 0 Å². The Kier molecular flexibility index (Phi) is 5.14. The van der Waals surface area contributed by atoms with E-state index in [-0.39, 0.29) is 18.4 Å². The fraction of sp³-hybridized carbons (Fsp3) is 0.278. The van der Waals surface area contributed by atoms with Crippen molar-refractivity contribution < 1.29 is 4.79 Å². The van der Waals surface area contributed by atoms with Gasteiger partial charge in [0.25, 0.3) is 0 Å². The summed E-state index contributed by atoms with van der Waals surface area (Å²) in [6.07, 6.45) is 5.48. The highest BCUT2D eigenvalue weighted by molar-refractivity contribution is 7.09. The Labute approximate surface area is 150 Å². The van der Waals surface area contributed by atoms with E-state index in [9.17, 15) is 4.79 Å². The van der Waals surface area contributed by atoms with E-state index in [1.807, 2.05) is 38.3 Å². The molecule has 3 heterocycles. The number of nitrogens with one attached hydrogen (secondary N) is 1. The first-order valence-corrected chi connectivity index (χ1v) is 8.85. The number of amides is 1. The van der Waals surface area contributed by atoms with Gasteiger partial charge in [-0.15, -0.1) is 11.3 Å². The smallest absolute Gasteiger partial charge is 0.226 e. The van der Waals surface area contributed by atoms with Gasteiger partial charge >= 0.3 is 0 Å². The highest BCUT2D eigenvalue weighted by atomic mass is 32.1. The van der Waals surface area contributed by atoms with Crippen LogP contribution in [0.3, 0.4) is 0 Å². The molecule has 0 unspecified atom stereocenters. The number of nitrogens with zero attached hydrogens (tertiary/aromatic N) is 4. The van der Waals surface area contributed by atoms with Crippen molar-refractivity contribution in [3.05, 3.63) is 58.1 Å². The van der Waals surface area contributed by atoms with Crippen LogP contribution in [0.1, 0.15) is 34.9 Å². The van der Waals surface area contributed by atoms with Crippen LogP contribution in [0.2, 0.25) is 0 Å². The van der Waals surface area contributed by atoms with Crippen LogP contribution < -0.4 is 5.32 Å². The minimum Gasteiger partial charge on any atom is -0.349 e. The van der Waals surface area contributed by atoms with Gasteiger partial charge in [0.05, 0.1) is 23.2 Å². The lowest BCUT2D eigenvalue weighted by molar-refractivity contribution is -0.121. The Bertz CT molecular complexity index is 878. The molecule has 1 atom stereocenters. The molecule has 0 aliphatic heterocycles. The first kappa shape index (κ1) is 17.2. The predicted octanol–water partition coefficient (Wildman–Crippen LogP) is 3.03. The minimum absolute atomic E-state index is 0.0598. The van der Waals surface area contributed by atoms with Crippen molar-refractivity contribution in [2.45, 2.75) is 33.2 Å². The quantitative estimate of drug-likeness (QED) is 0.762. The van der Waals surface area contributed by atoms with Crippen LogP contribution in [-0.4, -0.2) is 25.8 Å². The summed E-state index contributed by atoms with van der Waals surface area (Å²) in [5.74, 6) is 0.593. The fourth-order valence-corrected chi connectivity index (χ4v) is 3.18. The molecule has 1 N–H and O–H groups in total. The number of carbonyl (C=O) groups is 1. The molecule has 3 aromatic heterocycles. The number of rotatable bonds is 5. The molecule has 3 rings (SSSR count). The molecule has 7 heteroatoms. The lowest BCUT2D eigenvalue weighted by Crippen LogP contribution is -2.29. The Morgan fingerprint density at radius 2 is 2.00 bits per heavy atom. The summed E-state index contributed by atoms with van der Waals surface area (Å²) in [7, 11) is 0. The van der Waals surface area contributed by atoms with E-state index in [4.69, 9.17) is 0 Å². The Balaban J connectivity index is 1.69. The zero-order valence-corrected chi connectivity index (χ0v) is 15.2. The maximum atomic E-state index is 12.2. The normalized spacial score (nSPS) is 12.0. The molecule has 0 aliphatic carbocycles. The standard InChI is InChI=1S/C18H19N5OS/c1-11(21-17(24)8-15-10-25-13(3)23-15)16-9-20-18(22-12(16)2)14-4-6-19-7-5-14/h4-7,9-11H,8H2,1-3H3,(H,21,24)/t11-/m0/s1. The maximum Gasteiger partial charge on any atom is 0.226 e.